The molecule has 0 aromatic heterocycles. The van der Waals surface area contributed by atoms with E-state index in [0.29, 0.717) is 0 Å². The van der Waals surface area contributed by atoms with Gasteiger partial charge in [-0.15, -0.1) is 12.4 Å². The van der Waals surface area contributed by atoms with Crippen LogP contribution in [0.2, 0.25) is 0 Å². The molecule has 0 heterocycles. The summed E-state index contributed by atoms with van der Waals surface area (Å²) in [4.78, 5) is 0. The molecule has 0 bridgehead atoms. The largest absolute Gasteiger partial charge is 0.391 e. The van der Waals surface area contributed by atoms with Gasteiger partial charge in [0.25, 0.3) is 0 Å². The van der Waals surface area contributed by atoms with E-state index >= 15 is 0 Å². The van der Waals surface area contributed by atoms with Gasteiger partial charge in [0, 0.05) is 5.56 Å². The van der Waals surface area contributed by atoms with Crippen LogP contribution in [0.5, 0.6) is 0 Å². The van der Waals surface area contributed by atoms with Gasteiger partial charge in [0.1, 0.15) is 0 Å². The Morgan fingerprint density at radius 3 is 2.28 bits per heavy atom. The van der Waals surface area contributed by atoms with Crippen LogP contribution in [0.25, 0.3) is 0 Å². The Kier molecular flexibility index (Phi) is 5.01. The van der Waals surface area contributed by atoms with Crippen LogP contribution in [-0.4, -0.2) is 11.2 Å². The van der Waals surface area contributed by atoms with Crippen LogP contribution in [0.4, 0.5) is 13.2 Å². The molecule has 1 saturated carbocycles. The third-order valence-electron chi connectivity index (χ3n) is 3.42. The van der Waals surface area contributed by atoms with Crippen LogP contribution in [0, 0.1) is 23.4 Å². The van der Waals surface area contributed by atoms with Gasteiger partial charge in [-0.05, 0) is 24.8 Å². The first-order chi connectivity index (χ1) is 8.02. The molecular formula is C12H15ClF3NO. The summed E-state index contributed by atoms with van der Waals surface area (Å²) in [5.74, 6) is -4.08. The number of aliphatic hydroxyl groups is 1. The second kappa shape index (κ2) is 5.91. The van der Waals surface area contributed by atoms with Crippen LogP contribution < -0.4 is 5.73 Å². The average molecular weight is 282 g/mol. The van der Waals surface area contributed by atoms with Gasteiger partial charge in [-0.2, -0.15) is 0 Å². The first-order valence-electron chi connectivity index (χ1n) is 5.59. The molecule has 18 heavy (non-hydrogen) atoms. The highest BCUT2D eigenvalue weighted by Gasteiger charge is 2.32. The van der Waals surface area contributed by atoms with Crippen LogP contribution in [-0.2, 0) is 0 Å². The number of hydrogen-bond donors (Lipinski definition) is 2. The van der Waals surface area contributed by atoms with Crippen molar-refractivity contribution in [3.63, 3.8) is 0 Å². The summed E-state index contributed by atoms with van der Waals surface area (Å²) in [7, 11) is 0. The Bertz CT molecular complexity index is 426. The Hall–Kier alpha value is -0.780. The standard InChI is InChI=1S/C12H14F3NO.ClH/c13-8-5-4-7(9(14)10(8)15)11(16)12(17)6-2-1-3-6;/h4-6,11-12,17H,1-3,16H2;1H/t11-,12+;/m1./s1. The van der Waals surface area contributed by atoms with Gasteiger partial charge in [0.15, 0.2) is 17.5 Å². The van der Waals surface area contributed by atoms with E-state index in [0.717, 1.165) is 31.4 Å². The van der Waals surface area contributed by atoms with E-state index < -0.39 is 29.6 Å². The molecule has 1 fully saturated rings. The van der Waals surface area contributed by atoms with Gasteiger partial charge in [0.2, 0.25) is 0 Å². The molecule has 2 rings (SSSR count). The molecule has 6 heteroatoms. The molecule has 1 aromatic rings. The Balaban J connectivity index is 0.00000162. The predicted octanol–water partition coefficient (Wildman–Crippen LogP) is 2.69. The van der Waals surface area contributed by atoms with Gasteiger partial charge >= 0.3 is 0 Å². The van der Waals surface area contributed by atoms with Crippen LogP contribution in [0.3, 0.4) is 0 Å². The highest BCUT2D eigenvalue weighted by molar-refractivity contribution is 5.85. The minimum atomic E-state index is -1.54. The monoisotopic (exact) mass is 281 g/mol. The third kappa shape index (κ3) is 2.63. The van der Waals surface area contributed by atoms with E-state index in [1.807, 2.05) is 0 Å². The summed E-state index contributed by atoms with van der Waals surface area (Å²) in [5.41, 5.74) is 5.51. The minimum absolute atomic E-state index is 0. The fraction of sp³-hybridized carbons (Fsp3) is 0.500. The molecular weight excluding hydrogens is 267 g/mol. The van der Waals surface area contributed by atoms with E-state index in [9.17, 15) is 18.3 Å². The summed E-state index contributed by atoms with van der Waals surface area (Å²) in [6.45, 7) is 0. The van der Waals surface area contributed by atoms with Crippen molar-refractivity contribution in [3.8, 4) is 0 Å². The molecule has 1 aromatic carbocycles. The zero-order valence-electron chi connectivity index (χ0n) is 9.57. The van der Waals surface area contributed by atoms with Crippen LogP contribution in [0.1, 0.15) is 30.9 Å². The minimum Gasteiger partial charge on any atom is -0.391 e. The van der Waals surface area contributed by atoms with Crippen molar-refractivity contribution in [2.75, 3.05) is 0 Å². The number of hydrogen-bond acceptors (Lipinski definition) is 2. The van der Waals surface area contributed by atoms with E-state index in [4.69, 9.17) is 5.73 Å². The lowest BCUT2D eigenvalue weighted by atomic mass is 9.77. The lowest BCUT2D eigenvalue weighted by molar-refractivity contribution is 0.0402. The fourth-order valence-corrected chi connectivity index (χ4v) is 2.06. The lowest BCUT2D eigenvalue weighted by Crippen LogP contribution is -2.37. The van der Waals surface area contributed by atoms with Crippen molar-refractivity contribution < 1.29 is 18.3 Å². The van der Waals surface area contributed by atoms with Gasteiger partial charge in [-0.1, -0.05) is 12.5 Å². The molecule has 0 unspecified atom stereocenters. The van der Waals surface area contributed by atoms with Gasteiger partial charge in [0.05, 0.1) is 12.1 Å². The van der Waals surface area contributed by atoms with Gasteiger partial charge < -0.3 is 10.8 Å². The maximum Gasteiger partial charge on any atom is 0.194 e. The lowest BCUT2D eigenvalue weighted by Gasteiger charge is -2.33. The smallest absolute Gasteiger partial charge is 0.194 e. The van der Waals surface area contributed by atoms with E-state index in [-0.39, 0.29) is 23.9 Å². The second-order valence-electron chi connectivity index (χ2n) is 4.47. The van der Waals surface area contributed by atoms with Gasteiger partial charge in [-0.25, -0.2) is 13.2 Å². The molecule has 2 nitrogen and oxygen atoms in total. The summed E-state index contributed by atoms with van der Waals surface area (Å²) in [6.07, 6.45) is 1.76. The highest BCUT2D eigenvalue weighted by atomic mass is 35.5. The first-order valence-corrected chi connectivity index (χ1v) is 5.59. The molecule has 3 N–H and O–H groups in total. The highest BCUT2D eigenvalue weighted by Crippen LogP contribution is 2.35. The zero-order chi connectivity index (χ0) is 12.6. The molecule has 2 atom stereocenters. The van der Waals surface area contributed by atoms with E-state index in [1.54, 1.807) is 0 Å². The fourth-order valence-electron chi connectivity index (χ4n) is 2.06. The summed E-state index contributed by atoms with van der Waals surface area (Å²) >= 11 is 0. The molecule has 0 aliphatic heterocycles. The Labute approximate surface area is 109 Å². The van der Waals surface area contributed by atoms with Crippen molar-refractivity contribution in [3.05, 3.63) is 35.1 Å². The van der Waals surface area contributed by atoms with E-state index in [2.05, 4.69) is 0 Å². The molecule has 102 valence electrons. The maximum atomic E-state index is 13.5. The van der Waals surface area contributed by atoms with Crippen molar-refractivity contribution in [2.24, 2.45) is 11.7 Å². The van der Waals surface area contributed by atoms with Crippen molar-refractivity contribution in [1.29, 1.82) is 0 Å². The first kappa shape index (κ1) is 15.3. The molecule has 0 amide bonds. The van der Waals surface area contributed by atoms with Crippen molar-refractivity contribution >= 4 is 12.4 Å². The third-order valence-corrected chi connectivity index (χ3v) is 3.42. The van der Waals surface area contributed by atoms with Gasteiger partial charge in [-0.3, -0.25) is 0 Å². The maximum absolute atomic E-state index is 13.5. The number of halogens is 4. The van der Waals surface area contributed by atoms with Crippen LogP contribution in [0.15, 0.2) is 12.1 Å². The normalized spacial score (nSPS) is 18.7. The summed E-state index contributed by atoms with van der Waals surface area (Å²) in [6, 6.07) is 0.886. The Morgan fingerprint density at radius 2 is 1.78 bits per heavy atom. The molecule has 0 radical (unpaired) electrons. The molecule has 1 aliphatic rings. The summed E-state index contributed by atoms with van der Waals surface area (Å²) in [5, 5.41) is 9.87. The molecule has 0 saturated heterocycles. The number of benzene rings is 1. The Morgan fingerprint density at radius 1 is 1.17 bits per heavy atom. The topological polar surface area (TPSA) is 46.2 Å². The number of nitrogens with two attached hydrogens (primary N) is 1. The average Bonchev–Trinajstić information content (AvgIpc) is 2.23. The van der Waals surface area contributed by atoms with Crippen molar-refractivity contribution in [1.82, 2.24) is 0 Å². The van der Waals surface area contributed by atoms with Crippen molar-refractivity contribution in [2.45, 2.75) is 31.4 Å². The summed E-state index contributed by atoms with van der Waals surface area (Å²) < 4.78 is 39.2. The molecule has 1 aliphatic carbocycles. The number of rotatable bonds is 3. The SMILES string of the molecule is Cl.N[C@H](c1ccc(F)c(F)c1F)[C@@H](O)C1CCC1. The second-order valence-corrected chi connectivity index (χ2v) is 4.47. The number of aliphatic hydroxyl groups excluding tert-OH is 1. The van der Waals surface area contributed by atoms with E-state index in [1.165, 1.54) is 0 Å². The molecule has 0 spiro atoms. The predicted molar refractivity (Wildman–Crippen MR) is 63.8 cm³/mol. The quantitative estimate of drug-likeness (QED) is 0.837. The van der Waals surface area contributed by atoms with Crippen LogP contribution >= 0.6 is 12.4 Å². The zero-order valence-corrected chi connectivity index (χ0v) is 10.4.